The van der Waals surface area contributed by atoms with E-state index >= 15 is 0 Å². The molecule has 1 aromatic heterocycles. The first-order valence-corrected chi connectivity index (χ1v) is 10.4. The van der Waals surface area contributed by atoms with Crippen LogP contribution < -0.4 is 16.1 Å². The van der Waals surface area contributed by atoms with Gasteiger partial charge < -0.3 is 5.32 Å². The van der Waals surface area contributed by atoms with Crippen LogP contribution in [0.15, 0.2) is 39.1 Å². The van der Waals surface area contributed by atoms with Crippen molar-refractivity contribution in [2.45, 2.75) is 48.5 Å². The molecule has 0 saturated carbocycles. The maximum atomic E-state index is 12.3. The van der Waals surface area contributed by atoms with Crippen molar-refractivity contribution in [2.75, 3.05) is 5.32 Å². The molecule has 1 aromatic carbocycles. The third-order valence-electron chi connectivity index (χ3n) is 3.56. The van der Waals surface area contributed by atoms with Crippen LogP contribution in [0, 0.1) is 0 Å². The summed E-state index contributed by atoms with van der Waals surface area (Å²) in [6.07, 6.45) is 1.77. The Morgan fingerprint density at radius 3 is 2.62 bits per heavy atom. The smallest absolute Gasteiger partial charge is 0.325 e. The number of anilines is 1. The fourth-order valence-corrected chi connectivity index (χ4v) is 3.49. The summed E-state index contributed by atoms with van der Waals surface area (Å²) in [6, 6.07) is 5.55. The van der Waals surface area contributed by atoms with Gasteiger partial charge in [-0.3, -0.25) is 9.36 Å². The van der Waals surface area contributed by atoms with Gasteiger partial charge in [0.1, 0.15) is 0 Å². The minimum atomic E-state index is -3.78. The number of nitrogens with zero attached hydrogens (tertiary/aromatic N) is 2. The quantitative estimate of drug-likeness (QED) is 0.569. The van der Waals surface area contributed by atoms with Crippen molar-refractivity contribution >= 4 is 33.4 Å². The highest BCUT2D eigenvalue weighted by Crippen LogP contribution is 2.22. The number of primary sulfonamides is 1. The molecule has 2 rings (SSSR count). The first-order chi connectivity index (χ1) is 12.2. The molecule has 0 aliphatic heterocycles. The maximum Gasteiger partial charge on any atom is 0.343 e. The zero-order valence-corrected chi connectivity index (χ0v) is 16.1. The molecular weight excluding hydrogens is 378 g/mol. The number of unbranched alkanes of at least 4 members (excludes halogenated alkanes) is 1. The van der Waals surface area contributed by atoms with E-state index in [9.17, 15) is 18.0 Å². The zero-order valence-electron chi connectivity index (χ0n) is 14.4. The summed E-state index contributed by atoms with van der Waals surface area (Å²) in [6.45, 7) is 4.26. The lowest BCUT2D eigenvalue weighted by Gasteiger charge is -2.12. The summed E-state index contributed by atoms with van der Waals surface area (Å²) in [5.74, 6) is -0.296. The highest BCUT2D eigenvalue weighted by molar-refractivity contribution is 8.00. The molecule has 1 heterocycles. The summed E-state index contributed by atoms with van der Waals surface area (Å²) in [7, 11) is -3.78. The Morgan fingerprint density at radius 1 is 1.38 bits per heavy atom. The van der Waals surface area contributed by atoms with Crippen LogP contribution in [0.4, 0.5) is 5.69 Å². The van der Waals surface area contributed by atoms with Gasteiger partial charge in [0.15, 0.2) is 5.16 Å². The third kappa shape index (κ3) is 5.19. The predicted octanol–water partition coefficient (Wildman–Crippen LogP) is 1.14. The van der Waals surface area contributed by atoms with Crippen LogP contribution in [0.25, 0.3) is 0 Å². The SMILES string of the molecule is CCCCn1c(SC(C)C(=O)Nc2ccc(S(N)(=O)=O)cc2)n[nH]c1=O. The number of sulfonamides is 1. The van der Waals surface area contributed by atoms with E-state index in [0.29, 0.717) is 17.4 Å². The lowest BCUT2D eigenvalue weighted by molar-refractivity contribution is -0.115. The van der Waals surface area contributed by atoms with Gasteiger partial charge in [-0.1, -0.05) is 25.1 Å². The van der Waals surface area contributed by atoms with Crippen molar-refractivity contribution in [3.63, 3.8) is 0 Å². The van der Waals surface area contributed by atoms with Gasteiger partial charge >= 0.3 is 5.69 Å². The lowest BCUT2D eigenvalue weighted by atomic mass is 10.3. The molecule has 9 nitrogen and oxygen atoms in total. The number of amides is 1. The first-order valence-electron chi connectivity index (χ1n) is 7.98. The van der Waals surface area contributed by atoms with Crippen LogP contribution in [-0.4, -0.2) is 34.3 Å². The molecule has 0 aliphatic rings. The van der Waals surface area contributed by atoms with Gasteiger partial charge in [0, 0.05) is 12.2 Å². The number of carbonyl (C=O) groups is 1. The molecule has 1 atom stereocenters. The van der Waals surface area contributed by atoms with Gasteiger partial charge in [-0.25, -0.2) is 23.4 Å². The molecule has 0 bridgehead atoms. The average molecular weight is 399 g/mol. The molecule has 1 amide bonds. The monoisotopic (exact) mass is 399 g/mol. The van der Waals surface area contributed by atoms with Gasteiger partial charge in [-0.2, -0.15) is 0 Å². The van der Waals surface area contributed by atoms with E-state index < -0.39 is 15.3 Å². The fourth-order valence-electron chi connectivity index (χ4n) is 2.09. The summed E-state index contributed by atoms with van der Waals surface area (Å²) in [5.41, 5.74) is 0.146. The molecule has 0 aliphatic carbocycles. The number of carbonyl (C=O) groups excluding carboxylic acids is 1. The number of nitrogens with one attached hydrogen (secondary N) is 2. The van der Waals surface area contributed by atoms with Crippen molar-refractivity contribution in [3.05, 3.63) is 34.7 Å². The topological polar surface area (TPSA) is 140 Å². The Balaban J connectivity index is 2.03. The van der Waals surface area contributed by atoms with Crippen molar-refractivity contribution in [1.82, 2.24) is 14.8 Å². The molecule has 2 aromatic rings. The van der Waals surface area contributed by atoms with Crippen LogP contribution in [-0.2, 0) is 21.4 Å². The van der Waals surface area contributed by atoms with Gasteiger partial charge in [0.2, 0.25) is 15.9 Å². The first kappa shape index (κ1) is 20.2. The summed E-state index contributed by atoms with van der Waals surface area (Å²) in [5, 5.41) is 14.0. The van der Waals surface area contributed by atoms with E-state index in [0.717, 1.165) is 12.8 Å². The minimum Gasteiger partial charge on any atom is -0.325 e. The number of benzene rings is 1. The number of thioether (sulfide) groups is 1. The van der Waals surface area contributed by atoms with Crippen LogP contribution in [0.2, 0.25) is 0 Å². The van der Waals surface area contributed by atoms with Gasteiger partial charge in [0.25, 0.3) is 0 Å². The molecule has 4 N–H and O–H groups in total. The van der Waals surface area contributed by atoms with E-state index in [1.54, 1.807) is 6.92 Å². The van der Waals surface area contributed by atoms with Gasteiger partial charge in [-0.15, -0.1) is 5.10 Å². The highest BCUT2D eigenvalue weighted by atomic mass is 32.2. The molecule has 0 fully saturated rings. The Morgan fingerprint density at radius 2 is 2.04 bits per heavy atom. The van der Waals surface area contributed by atoms with Crippen molar-refractivity contribution in [1.29, 1.82) is 0 Å². The molecule has 1 unspecified atom stereocenters. The van der Waals surface area contributed by atoms with E-state index in [2.05, 4.69) is 15.5 Å². The molecule has 26 heavy (non-hydrogen) atoms. The number of aromatic nitrogens is 3. The van der Waals surface area contributed by atoms with E-state index in [-0.39, 0.29) is 16.5 Å². The second-order valence-electron chi connectivity index (χ2n) is 5.64. The Kier molecular flexibility index (Phi) is 6.62. The molecule has 0 saturated heterocycles. The number of rotatable bonds is 8. The lowest BCUT2D eigenvalue weighted by Crippen LogP contribution is -2.24. The van der Waals surface area contributed by atoms with Crippen LogP contribution >= 0.6 is 11.8 Å². The largest absolute Gasteiger partial charge is 0.343 e. The van der Waals surface area contributed by atoms with Crippen molar-refractivity contribution in [3.8, 4) is 0 Å². The second-order valence-corrected chi connectivity index (χ2v) is 8.50. The third-order valence-corrected chi connectivity index (χ3v) is 5.58. The molecule has 0 radical (unpaired) electrons. The zero-order chi connectivity index (χ0) is 19.3. The molecule has 142 valence electrons. The van der Waals surface area contributed by atoms with Gasteiger partial charge in [-0.05, 0) is 37.6 Å². The number of H-pyrrole nitrogens is 1. The van der Waals surface area contributed by atoms with Crippen molar-refractivity contribution < 1.29 is 13.2 Å². The van der Waals surface area contributed by atoms with E-state index in [4.69, 9.17) is 5.14 Å². The summed E-state index contributed by atoms with van der Waals surface area (Å²) in [4.78, 5) is 24.1. The fraction of sp³-hybridized carbons (Fsp3) is 0.400. The number of nitrogens with two attached hydrogens (primary N) is 1. The van der Waals surface area contributed by atoms with Crippen LogP contribution in [0.5, 0.6) is 0 Å². The number of hydrogen-bond acceptors (Lipinski definition) is 6. The maximum absolute atomic E-state index is 12.3. The van der Waals surface area contributed by atoms with E-state index in [1.807, 2.05) is 6.92 Å². The number of hydrogen-bond donors (Lipinski definition) is 3. The standard InChI is InChI=1S/C15H21N5O4S2/c1-3-4-9-20-14(22)18-19-15(20)25-10(2)13(21)17-11-5-7-12(8-6-11)26(16,23)24/h5-8,10H,3-4,9H2,1-2H3,(H,17,21)(H,18,22)(H2,16,23,24). The van der Waals surface area contributed by atoms with Crippen LogP contribution in [0.1, 0.15) is 26.7 Å². The number of aromatic amines is 1. The molecule has 0 spiro atoms. The summed E-state index contributed by atoms with van der Waals surface area (Å²) < 4.78 is 24.0. The minimum absolute atomic E-state index is 0.0330. The van der Waals surface area contributed by atoms with Crippen LogP contribution in [0.3, 0.4) is 0 Å². The Labute approximate surface area is 155 Å². The molecular formula is C15H21N5O4S2. The highest BCUT2D eigenvalue weighted by Gasteiger charge is 2.19. The van der Waals surface area contributed by atoms with Crippen molar-refractivity contribution in [2.24, 2.45) is 5.14 Å². The Bertz CT molecular complexity index is 918. The van der Waals surface area contributed by atoms with E-state index in [1.165, 1.54) is 40.6 Å². The summed E-state index contributed by atoms with van der Waals surface area (Å²) >= 11 is 1.17. The second kappa shape index (κ2) is 8.52. The Hall–Kier alpha value is -2.11. The molecule has 11 heteroatoms. The predicted molar refractivity (Wildman–Crippen MR) is 99.5 cm³/mol. The normalized spacial score (nSPS) is 12.7. The van der Waals surface area contributed by atoms with Gasteiger partial charge in [0.05, 0.1) is 10.1 Å². The average Bonchev–Trinajstić information content (AvgIpc) is 2.92.